The maximum atomic E-state index is 12.5. The minimum absolute atomic E-state index is 0. The van der Waals surface area contributed by atoms with Crippen molar-refractivity contribution < 1.29 is 4.79 Å². The number of hydrogen-bond acceptors (Lipinski definition) is 5. The summed E-state index contributed by atoms with van der Waals surface area (Å²) in [5.41, 5.74) is 5.93. The van der Waals surface area contributed by atoms with E-state index in [9.17, 15) is 4.79 Å². The first-order valence-corrected chi connectivity index (χ1v) is 7.27. The normalized spacial score (nSPS) is 12.7. The lowest BCUT2D eigenvalue weighted by molar-refractivity contribution is 0.0898. The zero-order valence-electron chi connectivity index (χ0n) is 14.0. The summed E-state index contributed by atoms with van der Waals surface area (Å²) in [7, 11) is 0. The number of amides is 1. The van der Waals surface area contributed by atoms with Crippen molar-refractivity contribution >= 4 is 30.7 Å². The highest BCUT2D eigenvalue weighted by Gasteiger charge is 2.26. The molecule has 2 aromatic rings. The monoisotopic (exact) mass is 374 g/mol. The van der Waals surface area contributed by atoms with E-state index < -0.39 is 5.54 Å². The quantitative estimate of drug-likeness (QED) is 0.805. The van der Waals surface area contributed by atoms with Crippen molar-refractivity contribution in [3.63, 3.8) is 0 Å². The average Bonchev–Trinajstić information content (AvgIpc) is 3.00. The molecule has 0 fully saturated rings. The molecule has 0 bridgehead atoms. The molecule has 0 aromatic carbocycles. The van der Waals surface area contributed by atoms with Gasteiger partial charge < -0.3 is 11.1 Å². The van der Waals surface area contributed by atoms with Gasteiger partial charge in [0.1, 0.15) is 12.7 Å². The van der Waals surface area contributed by atoms with Gasteiger partial charge in [-0.3, -0.25) is 4.79 Å². The van der Waals surface area contributed by atoms with Crippen LogP contribution < -0.4 is 11.1 Å². The van der Waals surface area contributed by atoms with Gasteiger partial charge >= 0.3 is 0 Å². The van der Waals surface area contributed by atoms with Gasteiger partial charge in [-0.2, -0.15) is 5.10 Å². The number of pyridine rings is 1. The zero-order valence-corrected chi connectivity index (χ0v) is 15.6. The van der Waals surface area contributed by atoms with Crippen molar-refractivity contribution in [1.82, 2.24) is 25.1 Å². The summed E-state index contributed by atoms with van der Waals surface area (Å²) in [5, 5.41) is 7.03. The minimum Gasteiger partial charge on any atom is -0.346 e. The molecule has 0 saturated carbocycles. The third kappa shape index (κ3) is 5.74. The van der Waals surface area contributed by atoms with E-state index in [1.807, 2.05) is 6.92 Å². The van der Waals surface area contributed by atoms with Crippen LogP contribution in [0.2, 0.25) is 0 Å². The van der Waals surface area contributed by atoms with Gasteiger partial charge in [-0.25, -0.2) is 14.6 Å². The van der Waals surface area contributed by atoms with E-state index in [1.54, 1.807) is 18.3 Å². The molecule has 3 N–H and O–H groups in total. The molecule has 2 rings (SSSR count). The number of rotatable bonds is 6. The molecule has 0 aliphatic carbocycles. The Morgan fingerprint density at radius 2 is 2.12 bits per heavy atom. The Morgan fingerprint density at radius 1 is 1.42 bits per heavy atom. The van der Waals surface area contributed by atoms with E-state index in [-0.39, 0.29) is 30.7 Å². The molecule has 9 heteroatoms. The molecule has 24 heavy (non-hydrogen) atoms. The Morgan fingerprint density at radius 3 is 2.67 bits per heavy atom. The van der Waals surface area contributed by atoms with E-state index in [0.717, 1.165) is 6.42 Å². The molecule has 1 unspecified atom stereocenters. The molecular weight excluding hydrogens is 351 g/mol. The van der Waals surface area contributed by atoms with E-state index >= 15 is 0 Å². The summed E-state index contributed by atoms with van der Waals surface area (Å²) in [6, 6.07) is 3.35. The van der Waals surface area contributed by atoms with E-state index in [1.165, 1.54) is 17.3 Å². The van der Waals surface area contributed by atoms with Crippen LogP contribution in [0, 0.1) is 5.92 Å². The van der Waals surface area contributed by atoms with Crippen molar-refractivity contribution in [2.75, 3.05) is 6.54 Å². The molecule has 134 valence electrons. The lowest BCUT2D eigenvalue weighted by Crippen LogP contribution is -2.52. The smallest absolute Gasteiger partial charge is 0.251 e. The lowest BCUT2D eigenvalue weighted by atomic mass is 9.90. The number of nitrogens with two attached hydrogens (primary N) is 1. The third-order valence-electron chi connectivity index (χ3n) is 3.39. The summed E-state index contributed by atoms with van der Waals surface area (Å²) >= 11 is 0. The van der Waals surface area contributed by atoms with Gasteiger partial charge in [0.2, 0.25) is 0 Å². The summed E-state index contributed by atoms with van der Waals surface area (Å²) in [6.07, 6.45) is 5.35. The van der Waals surface area contributed by atoms with E-state index in [2.05, 4.69) is 34.2 Å². The first-order chi connectivity index (χ1) is 10.4. The third-order valence-corrected chi connectivity index (χ3v) is 3.39. The predicted molar refractivity (Wildman–Crippen MR) is 98.0 cm³/mol. The second-order valence-corrected chi connectivity index (χ2v) is 6.06. The van der Waals surface area contributed by atoms with Crippen LogP contribution in [0.3, 0.4) is 0 Å². The van der Waals surface area contributed by atoms with Crippen LogP contribution in [0.1, 0.15) is 37.6 Å². The Labute approximate surface area is 154 Å². The van der Waals surface area contributed by atoms with Gasteiger partial charge in [-0.05, 0) is 31.4 Å². The van der Waals surface area contributed by atoms with Crippen LogP contribution in [0.5, 0.6) is 0 Å². The lowest BCUT2D eigenvalue weighted by Gasteiger charge is -2.31. The van der Waals surface area contributed by atoms with Crippen LogP contribution >= 0.6 is 24.8 Å². The fraction of sp³-hybridized carbons (Fsp3) is 0.467. The maximum absolute atomic E-state index is 12.5. The number of aromatic nitrogens is 4. The number of nitrogens with zero attached hydrogens (tertiary/aromatic N) is 4. The van der Waals surface area contributed by atoms with Crippen LogP contribution in [-0.4, -0.2) is 37.7 Å². The van der Waals surface area contributed by atoms with Crippen molar-refractivity contribution in [3.8, 4) is 5.82 Å². The molecule has 7 nitrogen and oxygen atoms in total. The Kier molecular flexibility index (Phi) is 8.88. The average molecular weight is 375 g/mol. The largest absolute Gasteiger partial charge is 0.346 e. The molecule has 2 heterocycles. The molecule has 0 aliphatic rings. The van der Waals surface area contributed by atoms with Crippen LogP contribution in [0.25, 0.3) is 5.82 Å². The predicted octanol–water partition coefficient (Wildman–Crippen LogP) is 2.00. The van der Waals surface area contributed by atoms with Gasteiger partial charge in [0, 0.05) is 23.8 Å². The fourth-order valence-electron chi connectivity index (χ4n) is 2.44. The van der Waals surface area contributed by atoms with Gasteiger partial charge in [0.15, 0.2) is 5.82 Å². The van der Waals surface area contributed by atoms with Crippen LogP contribution in [0.4, 0.5) is 0 Å². The van der Waals surface area contributed by atoms with Crippen LogP contribution in [0.15, 0.2) is 31.0 Å². The highest BCUT2D eigenvalue weighted by atomic mass is 35.5. The first kappa shape index (κ1) is 22.3. The second kappa shape index (κ2) is 9.56. The number of hydrogen-bond donors (Lipinski definition) is 2. The van der Waals surface area contributed by atoms with Gasteiger partial charge in [-0.1, -0.05) is 13.8 Å². The van der Waals surface area contributed by atoms with Crippen molar-refractivity contribution in [2.45, 2.75) is 32.7 Å². The summed E-state index contributed by atoms with van der Waals surface area (Å²) in [6.45, 7) is 6.56. The maximum Gasteiger partial charge on any atom is 0.251 e. The standard InChI is InChI=1S/C15H22N6O.2ClH/c1-11(2)7-15(3,8-16)20-14(22)12-4-5-18-13(6-12)21-10-17-9-19-21;;/h4-6,9-11H,7-8,16H2,1-3H3,(H,20,22);2*1H. The van der Waals surface area contributed by atoms with Crippen molar-refractivity contribution in [3.05, 3.63) is 36.5 Å². The number of halogens is 2. The molecule has 0 radical (unpaired) electrons. The topological polar surface area (TPSA) is 98.7 Å². The first-order valence-electron chi connectivity index (χ1n) is 7.27. The van der Waals surface area contributed by atoms with Crippen molar-refractivity contribution in [2.24, 2.45) is 11.7 Å². The molecule has 1 amide bonds. The number of carbonyl (C=O) groups excluding carboxylic acids is 1. The Bertz CT molecular complexity index is 635. The Balaban J connectivity index is 0.00000264. The summed E-state index contributed by atoms with van der Waals surface area (Å²) < 4.78 is 1.51. The van der Waals surface area contributed by atoms with Gasteiger partial charge in [0.05, 0.1) is 0 Å². The molecule has 0 saturated heterocycles. The zero-order chi connectivity index (χ0) is 16.2. The number of nitrogens with one attached hydrogen (secondary N) is 1. The summed E-state index contributed by atoms with van der Waals surface area (Å²) in [4.78, 5) is 20.5. The van der Waals surface area contributed by atoms with Crippen LogP contribution in [-0.2, 0) is 0 Å². The summed E-state index contributed by atoms with van der Waals surface area (Å²) in [5.74, 6) is 0.817. The molecule has 1 atom stereocenters. The highest BCUT2D eigenvalue weighted by molar-refractivity contribution is 5.95. The molecule has 0 aliphatic heterocycles. The fourth-order valence-corrected chi connectivity index (χ4v) is 2.44. The van der Waals surface area contributed by atoms with Gasteiger partial charge in [0.25, 0.3) is 5.91 Å². The van der Waals surface area contributed by atoms with Gasteiger partial charge in [-0.15, -0.1) is 24.8 Å². The SMILES string of the molecule is CC(C)CC(C)(CN)NC(=O)c1ccnc(-n2cncn2)c1.Cl.Cl. The number of carbonyl (C=O) groups is 1. The second-order valence-electron chi connectivity index (χ2n) is 6.06. The minimum atomic E-state index is -0.429. The van der Waals surface area contributed by atoms with E-state index in [4.69, 9.17) is 5.73 Å². The molecule has 0 spiro atoms. The Hall–Kier alpha value is -1.70. The highest BCUT2D eigenvalue weighted by Crippen LogP contribution is 2.16. The molecule has 2 aromatic heterocycles. The van der Waals surface area contributed by atoms with Crippen molar-refractivity contribution in [1.29, 1.82) is 0 Å². The molecular formula is C15H24Cl2N6O. The van der Waals surface area contributed by atoms with E-state index in [0.29, 0.717) is 23.8 Å².